The Kier molecular flexibility index (Phi) is 8.68. The van der Waals surface area contributed by atoms with E-state index < -0.39 is 11.7 Å². The number of piperazine rings is 1. The molecule has 5 rings (SSSR count). The van der Waals surface area contributed by atoms with Crippen molar-refractivity contribution in [3.63, 3.8) is 0 Å². The number of benzene rings is 1. The molecule has 10 heteroatoms. The number of allylic oxidation sites excluding steroid dienone is 2. The predicted octanol–water partition coefficient (Wildman–Crippen LogP) is 3.53. The fourth-order valence-corrected chi connectivity index (χ4v) is 6.18. The monoisotopic (exact) mass is 579 g/mol. The second-order valence-corrected chi connectivity index (χ2v) is 11.6. The molecule has 4 aliphatic rings. The lowest BCUT2D eigenvalue weighted by atomic mass is 9.93. The van der Waals surface area contributed by atoms with Gasteiger partial charge < -0.3 is 14.5 Å². The van der Waals surface area contributed by atoms with Gasteiger partial charge in [-0.15, -0.1) is 0 Å². The molecule has 0 aromatic heterocycles. The Hall–Kier alpha value is -3.40. The predicted molar refractivity (Wildman–Crippen MR) is 157 cm³/mol. The summed E-state index contributed by atoms with van der Waals surface area (Å²) in [6.07, 6.45) is 7.07. The lowest BCUT2D eigenvalue weighted by molar-refractivity contribution is -0.141. The average molecular weight is 580 g/mol. The summed E-state index contributed by atoms with van der Waals surface area (Å²) in [4.78, 5) is 46.4. The van der Waals surface area contributed by atoms with E-state index in [-0.39, 0.29) is 23.6 Å². The number of likely N-dealkylation sites (tertiary alicyclic amines) is 1. The number of hydrogen-bond donors (Lipinski definition) is 1. The van der Waals surface area contributed by atoms with E-state index >= 15 is 0 Å². The van der Waals surface area contributed by atoms with E-state index in [1.54, 1.807) is 17.1 Å². The third-order valence-electron chi connectivity index (χ3n) is 8.21. The van der Waals surface area contributed by atoms with Gasteiger partial charge in [0.25, 0.3) is 17.6 Å². The number of carbonyl (C=O) groups excluding carboxylic acids is 3. The molecule has 0 radical (unpaired) electrons. The summed E-state index contributed by atoms with van der Waals surface area (Å²) in [7, 11) is 0. The summed E-state index contributed by atoms with van der Waals surface area (Å²) in [5.41, 5.74) is 2.98. The molecular weight excluding hydrogens is 542 g/mol. The number of carbonyl (C=O) groups is 3. The van der Waals surface area contributed by atoms with Gasteiger partial charge in [0.2, 0.25) is 0 Å². The highest BCUT2D eigenvalue weighted by atomic mass is 35.5. The molecule has 9 nitrogen and oxygen atoms in total. The van der Waals surface area contributed by atoms with Crippen LogP contribution < -0.4 is 5.84 Å². The highest BCUT2D eigenvalue weighted by Gasteiger charge is 2.37. The van der Waals surface area contributed by atoms with Crippen molar-refractivity contribution >= 4 is 29.2 Å². The second kappa shape index (κ2) is 12.2. The van der Waals surface area contributed by atoms with Crippen LogP contribution in [-0.4, -0.2) is 82.2 Å². The normalized spacial score (nSPS) is 23.1. The van der Waals surface area contributed by atoms with Crippen LogP contribution >= 0.6 is 11.6 Å². The van der Waals surface area contributed by atoms with Gasteiger partial charge in [0.1, 0.15) is 5.76 Å². The maximum absolute atomic E-state index is 14.2. The molecule has 218 valence electrons. The molecular formula is C31H38ClN5O4. The van der Waals surface area contributed by atoms with Gasteiger partial charge >= 0.3 is 0 Å². The number of ketones is 1. The van der Waals surface area contributed by atoms with Crippen molar-refractivity contribution in [2.24, 2.45) is 5.84 Å². The van der Waals surface area contributed by atoms with E-state index in [1.165, 1.54) is 11.2 Å². The van der Waals surface area contributed by atoms with E-state index in [0.717, 1.165) is 24.9 Å². The van der Waals surface area contributed by atoms with Gasteiger partial charge in [-0.25, -0.2) is 5.84 Å². The average Bonchev–Trinajstić information content (AvgIpc) is 3.43. The lowest BCUT2D eigenvalue weighted by Crippen LogP contribution is -2.57. The smallest absolute Gasteiger partial charge is 0.295 e. The van der Waals surface area contributed by atoms with Crippen molar-refractivity contribution in [2.75, 3.05) is 32.8 Å². The van der Waals surface area contributed by atoms with E-state index in [1.807, 2.05) is 36.9 Å². The van der Waals surface area contributed by atoms with Gasteiger partial charge in [0.05, 0.1) is 12.2 Å². The molecule has 3 heterocycles. The number of nitrogens with two attached hydrogens (primary N) is 1. The van der Waals surface area contributed by atoms with Crippen LogP contribution in [0.15, 0.2) is 70.8 Å². The number of nitrogens with zero attached hydrogens (tertiary/aromatic N) is 4. The van der Waals surface area contributed by atoms with E-state index in [9.17, 15) is 14.4 Å². The first-order valence-corrected chi connectivity index (χ1v) is 14.7. The van der Waals surface area contributed by atoms with Crippen molar-refractivity contribution in [1.29, 1.82) is 0 Å². The third kappa shape index (κ3) is 6.12. The van der Waals surface area contributed by atoms with Crippen LogP contribution in [0, 0.1) is 0 Å². The summed E-state index contributed by atoms with van der Waals surface area (Å²) in [6.45, 7) is 9.49. The van der Waals surface area contributed by atoms with Crippen molar-refractivity contribution in [1.82, 2.24) is 19.7 Å². The highest BCUT2D eigenvalue weighted by Crippen LogP contribution is 2.35. The van der Waals surface area contributed by atoms with Gasteiger partial charge in [-0.1, -0.05) is 23.7 Å². The van der Waals surface area contributed by atoms with Gasteiger partial charge in [-0.05, 0) is 63.0 Å². The summed E-state index contributed by atoms with van der Waals surface area (Å²) in [5, 5.41) is 2.06. The molecule has 0 spiro atoms. The summed E-state index contributed by atoms with van der Waals surface area (Å²) in [5.74, 6) is 5.39. The van der Waals surface area contributed by atoms with E-state index in [0.29, 0.717) is 66.8 Å². The van der Waals surface area contributed by atoms with Crippen LogP contribution in [0.4, 0.5) is 0 Å². The summed E-state index contributed by atoms with van der Waals surface area (Å²) >= 11 is 6.20. The number of hydrogen-bond acceptors (Lipinski definition) is 7. The maximum Gasteiger partial charge on any atom is 0.295 e. The number of hydrazine groups is 1. The Labute approximate surface area is 246 Å². The first-order chi connectivity index (χ1) is 19.7. The quantitative estimate of drug-likeness (QED) is 0.390. The maximum atomic E-state index is 14.2. The van der Waals surface area contributed by atoms with Gasteiger partial charge in [-0.2, -0.15) is 0 Å². The molecule has 3 aliphatic heterocycles. The zero-order chi connectivity index (χ0) is 29.3. The second-order valence-electron chi connectivity index (χ2n) is 11.2. The molecule has 2 amide bonds. The molecule has 2 bridgehead atoms. The third-order valence-corrected chi connectivity index (χ3v) is 8.45. The minimum Gasteiger partial charge on any atom is -0.493 e. The van der Waals surface area contributed by atoms with Crippen LogP contribution in [0.3, 0.4) is 0 Å². The largest absolute Gasteiger partial charge is 0.493 e. The number of fused-ring (bicyclic) bond motifs is 2. The number of Topliss-reactive ketones (excluding diaryl/α,β-unsaturated/α-hetero) is 1. The molecule has 2 N–H and O–H groups in total. The van der Waals surface area contributed by atoms with Gasteiger partial charge in [0, 0.05) is 79.8 Å². The summed E-state index contributed by atoms with van der Waals surface area (Å²) in [6, 6.07) is 7.89. The Bertz CT molecular complexity index is 1360. The van der Waals surface area contributed by atoms with Crippen LogP contribution in [0.1, 0.15) is 45.6 Å². The minimum atomic E-state index is -0.601. The van der Waals surface area contributed by atoms with Gasteiger partial charge in [-0.3, -0.25) is 24.3 Å². The molecule has 1 aliphatic carbocycles. The Morgan fingerprint density at radius 2 is 1.83 bits per heavy atom. The Morgan fingerprint density at radius 3 is 2.54 bits per heavy atom. The number of amides is 2. The molecule has 2 saturated heterocycles. The molecule has 2 fully saturated rings. The summed E-state index contributed by atoms with van der Waals surface area (Å²) < 4.78 is 5.96. The van der Waals surface area contributed by atoms with Crippen molar-refractivity contribution in [2.45, 2.75) is 58.7 Å². The molecule has 1 unspecified atom stereocenters. The molecule has 41 heavy (non-hydrogen) atoms. The van der Waals surface area contributed by atoms with Crippen LogP contribution in [0.2, 0.25) is 5.02 Å². The zero-order valence-electron chi connectivity index (χ0n) is 23.9. The SMILES string of the molecule is CCOC1=C(C(=O)N2C[C@H](C)N(Cc3cccc(Cl)c3)CC2C)C=C2CC(=C1)N(N)C=C2C(=O)C(=O)N1CCCC1. The van der Waals surface area contributed by atoms with Crippen LogP contribution in [-0.2, 0) is 25.7 Å². The van der Waals surface area contributed by atoms with Crippen LogP contribution in [0.5, 0.6) is 0 Å². The van der Waals surface area contributed by atoms with Crippen LogP contribution in [0.25, 0.3) is 0 Å². The fraction of sp³-hybridized carbons (Fsp3) is 0.452. The lowest BCUT2D eigenvalue weighted by Gasteiger charge is -2.44. The highest BCUT2D eigenvalue weighted by molar-refractivity contribution is 6.43. The minimum absolute atomic E-state index is 0.0682. The molecule has 1 aromatic carbocycles. The number of halogens is 1. The zero-order valence-corrected chi connectivity index (χ0v) is 24.7. The fourth-order valence-electron chi connectivity index (χ4n) is 5.97. The first kappa shape index (κ1) is 29.1. The Balaban J connectivity index is 1.42. The first-order valence-electron chi connectivity index (χ1n) is 14.3. The van der Waals surface area contributed by atoms with Crippen molar-refractivity contribution in [3.05, 3.63) is 81.4 Å². The standard InChI is InChI=1S/C31H38ClN5O4/c1-4-41-28-15-25-13-23(27(19-37(25)33)29(38)31(40)34-10-5-6-11-34)14-26(28)30(39)36-17-20(2)35(16-21(36)3)18-22-8-7-9-24(32)12-22/h7-9,12,14-15,19-21H,4-6,10-11,13,16-18,33H2,1-3H3/t20-,21?/m0/s1. The molecule has 0 saturated carbocycles. The van der Waals surface area contributed by atoms with E-state index in [4.69, 9.17) is 22.2 Å². The van der Waals surface area contributed by atoms with Crippen molar-refractivity contribution < 1.29 is 19.1 Å². The Morgan fingerprint density at radius 1 is 1.07 bits per heavy atom. The van der Waals surface area contributed by atoms with E-state index in [2.05, 4.69) is 17.9 Å². The molecule has 1 aromatic rings. The molecule has 2 atom stereocenters. The van der Waals surface area contributed by atoms with Gasteiger partial charge in [0.15, 0.2) is 0 Å². The van der Waals surface area contributed by atoms with Crippen molar-refractivity contribution in [3.8, 4) is 0 Å². The number of ether oxygens (including phenoxy) is 1. The number of rotatable bonds is 7. The topological polar surface area (TPSA) is 99.4 Å².